The van der Waals surface area contributed by atoms with Crippen LogP contribution in [0.25, 0.3) is 0 Å². The van der Waals surface area contributed by atoms with Gasteiger partial charge in [0.15, 0.2) is 16.6 Å². The van der Waals surface area contributed by atoms with Crippen LogP contribution in [-0.2, 0) is 6.54 Å². The van der Waals surface area contributed by atoms with E-state index >= 15 is 0 Å². The molecule has 6 nitrogen and oxygen atoms in total. The van der Waals surface area contributed by atoms with Crippen LogP contribution in [0.1, 0.15) is 5.56 Å². The zero-order chi connectivity index (χ0) is 17.1. The highest BCUT2D eigenvalue weighted by Crippen LogP contribution is 2.34. The number of benzene rings is 2. The maximum Gasteiger partial charge on any atom is 0.231 e. The normalized spacial score (nSPS) is 12.0. The molecule has 1 aliphatic heterocycles. The first kappa shape index (κ1) is 15.5. The fraction of sp³-hybridized carbons (Fsp3) is 0.111. The second-order valence-corrected chi connectivity index (χ2v) is 5.96. The molecule has 126 valence electrons. The van der Waals surface area contributed by atoms with Crippen LogP contribution in [0.3, 0.4) is 0 Å². The molecule has 0 saturated heterocycles. The molecule has 25 heavy (non-hydrogen) atoms. The fourth-order valence-electron chi connectivity index (χ4n) is 2.60. The van der Waals surface area contributed by atoms with Gasteiger partial charge < -0.3 is 20.1 Å². The number of fused-ring (bicyclic) bond motifs is 1. The number of anilines is 2. The van der Waals surface area contributed by atoms with Crippen LogP contribution in [0.15, 0.2) is 60.9 Å². The molecule has 0 saturated carbocycles. The van der Waals surface area contributed by atoms with E-state index in [0.29, 0.717) is 17.4 Å². The third-order valence-corrected chi connectivity index (χ3v) is 3.92. The lowest BCUT2D eigenvalue weighted by atomic mass is 10.2. The van der Waals surface area contributed by atoms with Gasteiger partial charge in [-0.1, -0.05) is 12.1 Å². The van der Waals surface area contributed by atoms with Gasteiger partial charge in [-0.2, -0.15) is 5.10 Å². The van der Waals surface area contributed by atoms with Crippen molar-refractivity contribution in [2.45, 2.75) is 6.54 Å². The summed E-state index contributed by atoms with van der Waals surface area (Å²) in [5.74, 6) is 1.46. The fourth-order valence-corrected chi connectivity index (χ4v) is 2.83. The summed E-state index contributed by atoms with van der Waals surface area (Å²) in [5, 5.41) is 11.1. The summed E-state index contributed by atoms with van der Waals surface area (Å²) in [5.41, 5.74) is 2.90. The molecule has 0 fully saturated rings. The average Bonchev–Trinajstić information content (AvgIpc) is 3.26. The third kappa shape index (κ3) is 3.72. The monoisotopic (exact) mass is 352 g/mol. The number of aromatic nitrogens is 2. The van der Waals surface area contributed by atoms with Gasteiger partial charge in [0.2, 0.25) is 6.79 Å². The Morgan fingerprint density at radius 3 is 2.72 bits per heavy atom. The highest BCUT2D eigenvalue weighted by Gasteiger charge is 2.13. The first-order chi connectivity index (χ1) is 12.3. The molecule has 0 radical (unpaired) electrons. The Balaban J connectivity index is 1.40. The minimum atomic E-state index is 0.254. The standard InChI is InChI=1S/C18H16N4O2S/c25-18(21-15-5-6-16-17(10-15)24-12-23-16)20-14-4-1-3-13(9-14)11-22-8-2-7-19-22/h1-10H,11-12H2,(H2,20,21,25). The maximum atomic E-state index is 5.39. The molecular weight excluding hydrogens is 336 g/mol. The van der Waals surface area contributed by atoms with Gasteiger partial charge in [0, 0.05) is 29.8 Å². The second-order valence-electron chi connectivity index (χ2n) is 5.55. The van der Waals surface area contributed by atoms with E-state index in [-0.39, 0.29) is 6.79 Å². The Hall–Kier alpha value is -3.06. The molecular formula is C18H16N4O2S. The Kier molecular flexibility index (Phi) is 4.22. The maximum absolute atomic E-state index is 5.39. The molecule has 3 aromatic rings. The molecule has 0 aliphatic carbocycles. The van der Waals surface area contributed by atoms with Crippen LogP contribution < -0.4 is 20.1 Å². The van der Waals surface area contributed by atoms with E-state index in [2.05, 4.69) is 27.9 Å². The van der Waals surface area contributed by atoms with Crippen molar-refractivity contribution >= 4 is 28.7 Å². The van der Waals surface area contributed by atoms with Crippen molar-refractivity contribution in [3.05, 3.63) is 66.5 Å². The molecule has 2 heterocycles. The quantitative estimate of drug-likeness (QED) is 0.701. The van der Waals surface area contributed by atoms with E-state index in [9.17, 15) is 0 Å². The van der Waals surface area contributed by atoms with Crippen molar-refractivity contribution in [3.63, 3.8) is 0 Å². The zero-order valence-corrected chi connectivity index (χ0v) is 14.1. The Labute approximate surface area is 150 Å². The minimum Gasteiger partial charge on any atom is -0.454 e. The van der Waals surface area contributed by atoms with Gasteiger partial charge in [-0.05, 0) is 48.1 Å². The van der Waals surface area contributed by atoms with Gasteiger partial charge in [0.25, 0.3) is 0 Å². The van der Waals surface area contributed by atoms with Crippen LogP contribution in [0.4, 0.5) is 11.4 Å². The molecule has 1 aromatic heterocycles. The van der Waals surface area contributed by atoms with E-state index in [4.69, 9.17) is 21.7 Å². The lowest BCUT2D eigenvalue weighted by molar-refractivity contribution is 0.174. The minimum absolute atomic E-state index is 0.254. The Bertz CT molecular complexity index is 896. The second kappa shape index (κ2) is 6.82. The van der Waals surface area contributed by atoms with Crippen molar-refractivity contribution in [2.75, 3.05) is 17.4 Å². The summed E-state index contributed by atoms with van der Waals surface area (Å²) >= 11 is 5.39. The lowest BCUT2D eigenvalue weighted by Gasteiger charge is -2.12. The number of nitrogens with one attached hydrogen (secondary N) is 2. The predicted molar refractivity (Wildman–Crippen MR) is 100 cm³/mol. The van der Waals surface area contributed by atoms with Crippen molar-refractivity contribution in [1.29, 1.82) is 0 Å². The van der Waals surface area contributed by atoms with Crippen molar-refractivity contribution < 1.29 is 9.47 Å². The number of hydrogen-bond donors (Lipinski definition) is 2. The summed E-state index contributed by atoms with van der Waals surface area (Å²) in [4.78, 5) is 0. The van der Waals surface area contributed by atoms with Crippen LogP contribution in [0.5, 0.6) is 11.5 Å². The zero-order valence-electron chi connectivity index (χ0n) is 13.3. The molecule has 0 amide bonds. The molecule has 2 N–H and O–H groups in total. The van der Waals surface area contributed by atoms with Gasteiger partial charge in [0.1, 0.15) is 0 Å². The summed E-state index contributed by atoms with van der Waals surface area (Å²) in [6.07, 6.45) is 3.71. The first-order valence-corrected chi connectivity index (χ1v) is 8.21. The molecule has 0 atom stereocenters. The molecule has 2 aromatic carbocycles. The molecule has 0 bridgehead atoms. The predicted octanol–water partition coefficient (Wildman–Crippen LogP) is 3.47. The van der Waals surface area contributed by atoms with Gasteiger partial charge in [0.05, 0.1) is 6.54 Å². The third-order valence-electron chi connectivity index (χ3n) is 3.72. The average molecular weight is 352 g/mol. The smallest absolute Gasteiger partial charge is 0.231 e. The van der Waals surface area contributed by atoms with Crippen molar-refractivity contribution in [3.8, 4) is 11.5 Å². The summed E-state index contributed by atoms with van der Waals surface area (Å²) in [6.45, 7) is 0.968. The molecule has 4 rings (SSSR count). The highest BCUT2D eigenvalue weighted by molar-refractivity contribution is 7.80. The SMILES string of the molecule is S=C(Nc1cccc(Cn2cccn2)c1)Nc1ccc2c(c1)OCO2. The number of thiocarbonyl (C=S) groups is 1. The largest absolute Gasteiger partial charge is 0.454 e. The van der Waals surface area contributed by atoms with Crippen molar-refractivity contribution in [2.24, 2.45) is 0 Å². The topological polar surface area (TPSA) is 60.3 Å². The lowest BCUT2D eigenvalue weighted by Crippen LogP contribution is -2.19. The van der Waals surface area contributed by atoms with Crippen LogP contribution in [0, 0.1) is 0 Å². The van der Waals surface area contributed by atoms with Crippen LogP contribution in [-0.4, -0.2) is 21.7 Å². The van der Waals surface area contributed by atoms with E-state index in [1.807, 2.05) is 47.3 Å². The number of rotatable bonds is 4. The van der Waals surface area contributed by atoms with E-state index in [1.165, 1.54) is 0 Å². The van der Waals surface area contributed by atoms with Gasteiger partial charge >= 0.3 is 0 Å². The van der Waals surface area contributed by atoms with Gasteiger partial charge in [-0.25, -0.2) is 0 Å². The van der Waals surface area contributed by atoms with Crippen LogP contribution >= 0.6 is 12.2 Å². The number of hydrogen-bond acceptors (Lipinski definition) is 4. The van der Waals surface area contributed by atoms with E-state index < -0.39 is 0 Å². The van der Waals surface area contributed by atoms with E-state index in [1.54, 1.807) is 6.20 Å². The molecule has 0 unspecified atom stereocenters. The molecule has 7 heteroatoms. The summed E-state index contributed by atoms with van der Waals surface area (Å²) in [7, 11) is 0. The molecule has 0 spiro atoms. The van der Waals surface area contributed by atoms with E-state index in [0.717, 1.165) is 22.7 Å². The summed E-state index contributed by atoms with van der Waals surface area (Å²) < 4.78 is 12.6. The van der Waals surface area contributed by atoms with Gasteiger partial charge in [-0.15, -0.1) is 0 Å². The Morgan fingerprint density at radius 2 is 1.88 bits per heavy atom. The highest BCUT2D eigenvalue weighted by atomic mass is 32.1. The molecule has 1 aliphatic rings. The number of nitrogens with zero attached hydrogens (tertiary/aromatic N) is 2. The number of ether oxygens (including phenoxy) is 2. The Morgan fingerprint density at radius 1 is 1.04 bits per heavy atom. The van der Waals surface area contributed by atoms with Crippen LogP contribution in [0.2, 0.25) is 0 Å². The first-order valence-electron chi connectivity index (χ1n) is 7.80. The van der Waals surface area contributed by atoms with Gasteiger partial charge in [-0.3, -0.25) is 4.68 Å². The van der Waals surface area contributed by atoms with Crippen molar-refractivity contribution in [1.82, 2.24) is 9.78 Å². The summed E-state index contributed by atoms with van der Waals surface area (Å²) in [6, 6.07) is 15.6.